The van der Waals surface area contributed by atoms with Crippen LogP contribution in [0.2, 0.25) is 0 Å². The molecule has 152 valence electrons. The fraction of sp³-hybridized carbons (Fsp3) is 0.522. The highest BCUT2D eigenvalue weighted by molar-refractivity contribution is 5.76. The number of hydrogen-bond acceptors (Lipinski definition) is 4. The molecule has 2 aliphatic heterocycles. The normalized spacial score (nSPS) is 18.8. The Labute approximate surface area is 169 Å². The monoisotopic (exact) mass is 382 g/mol. The van der Waals surface area contributed by atoms with Crippen LogP contribution in [-0.4, -0.2) is 67.6 Å². The quantitative estimate of drug-likeness (QED) is 0.736. The Morgan fingerprint density at radius 2 is 1.75 bits per heavy atom. The van der Waals surface area contributed by atoms with Crippen molar-refractivity contribution < 1.29 is 4.79 Å². The number of hydrogen-bond donors (Lipinski definition) is 1. The van der Waals surface area contributed by atoms with E-state index < -0.39 is 0 Å². The molecule has 5 nitrogen and oxygen atoms in total. The lowest BCUT2D eigenvalue weighted by molar-refractivity contribution is -0.132. The first-order valence-corrected chi connectivity index (χ1v) is 10.4. The molecule has 1 N–H and O–H groups in total. The van der Waals surface area contributed by atoms with Gasteiger partial charge in [-0.15, -0.1) is 0 Å². The van der Waals surface area contributed by atoms with E-state index in [1.54, 1.807) is 6.08 Å². The van der Waals surface area contributed by atoms with Gasteiger partial charge in [0.25, 0.3) is 0 Å². The maximum absolute atomic E-state index is 12.6. The molecule has 1 aromatic rings. The second-order valence-electron chi connectivity index (χ2n) is 7.94. The summed E-state index contributed by atoms with van der Waals surface area (Å²) < 4.78 is 0. The van der Waals surface area contributed by atoms with Crippen molar-refractivity contribution >= 4 is 11.6 Å². The molecule has 1 aromatic carbocycles. The maximum Gasteiger partial charge on any atom is 0.223 e. The number of aryl methyl sites for hydroxylation is 1. The number of carbonyl (C=O) groups excluding carboxylic acids is 1. The first kappa shape index (κ1) is 20.5. The van der Waals surface area contributed by atoms with Gasteiger partial charge in [0.15, 0.2) is 0 Å². The van der Waals surface area contributed by atoms with Crippen molar-refractivity contribution in [3.63, 3.8) is 0 Å². The molecule has 3 rings (SSSR count). The molecule has 0 aromatic heterocycles. The highest BCUT2D eigenvalue weighted by atomic mass is 16.2. The summed E-state index contributed by atoms with van der Waals surface area (Å²) in [4.78, 5) is 19.5. The molecular weight excluding hydrogens is 348 g/mol. The number of carbonyl (C=O) groups is 1. The van der Waals surface area contributed by atoms with Gasteiger partial charge in [-0.1, -0.05) is 30.9 Å². The minimum absolute atomic E-state index is 0.293. The van der Waals surface area contributed by atoms with Gasteiger partial charge in [-0.05, 0) is 38.0 Å². The molecule has 0 saturated carbocycles. The summed E-state index contributed by atoms with van der Waals surface area (Å²) in [7, 11) is 0. The van der Waals surface area contributed by atoms with Crippen LogP contribution in [0.25, 0.3) is 0 Å². The third kappa shape index (κ3) is 5.61. The third-order valence-electron chi connectivity index (χ3n) is 5.90. The topological polar surface area (TPSA) is 38.8 Å². The van der Waals surface area contributed by atoms with Crippen LogP contribution in [0.15, 0.2) is 49.2 Å². The van der Waals surface area contributed by atoms with Crippen LogP contribution < -0.4 is 10.2 Å². The number of benzene rings is 1. The van der Waals surface area contributed by atoms with E-state index in [2.05, 4.69) is 59.5 Å². The van der Waals surface area contributed by atoms with Crippen molar-refractivity contribution in [3.8, 4) is 0 Å². The predicted octanol–water partition coefficient (Wildman–Crippen LogP) is 2.79. The van der Waals surface area contributed by atoms with E-state index in [1.165, 1.54) is 11.3 Å². The average Bonchev–Trinajstić information content (AvgIpc) is 2.73. The van der Waals surface area contributed by atoms with Crippen molar-refractivity contribution in [3.05, 3.63) is 54.8 Å². The van der Waals surface area contributed by atoms with Crippen molar-refractivity contribution in [2.75, 3.05) is 50.7 Å². The molecule has 0 unspecified atom stereocenters. The summed E-state index contributed by atoms with van der Waals surface area (Å²) in [5.74, 6) is 0.293. The average molecular weight is 383 g/mol. The molecule has 0 aliphatic carbocycles. The summed E-state index contributed by atoms with van der Waals surface area (Å²) >= 11 is 0. The van der Waals surface area contributed by atoms with E-state index in [0.717, 1.165) is 64.4 Å². The Kier molecular flexibility index (Phi) is 7.15. The van der Waals surface area contributed by atoms with Gasteiger partial charge in [0.2, 0.25) is 5.91 Å². The summed E-state index contributed by atoms with van der Waals surface area (Å²) in [6, 6.07) is 9.16. The summed E-state index contributed by atoms with van der Waals surface area (Å²) in [5, 5.41) is 3.37. The molecule has 2 heterocycles. The number of amides is 1. The van der Waals surface area contributed by atoms with Crippen molar-refractivity contribution in [2.24, 2.45) is 0 Å². The fourth-order valence-electron chi connectivity index (χ4n) is 3.99. The van der Waals surface area contributed by atoms with Gasteiger partial charge in [0, 0.05) is 69.7 Å². The van der Waals surface area contributed by atoms with Gasteiger partial charge in [-0.2, -0.15) is 0 Å². The van der Waals surface area contributed by atoms with E-state index in [1.807, 2.05) is 4.90 Å². The number of piperazine rings is 1. The Morgan fingerprint density at radius 1 is 1.11 bits per heavy atom. The Bertz CT molecular complexity index is 668. The van der Waals surface area contributed by atoms with Gasteiger partial charge in [0.05, 0.1) is 0 Å². The first-order chi connectivity index (χ1) is 13.5. The molecule has 28 heavy (non-hydrogen) atoms. The van der Waals surface area contributed by atoms with Gasteiger partial charge < -0.3 is 15.1 Å². The highest BCUT2D eigenvalue weighted by Gasteiger charge is 2.24. The van der Waals surface area contributed by atoms with E-state index in [9.17, 15) is 4.79 Å². The summed E-state index contributed by atoms with van der Waals surface area (Å²) in [6.07, 6.45) is 4.33. The lowest BCUT2D eigenvalue weighted by atomic mass is 10.0. The van der Waals surface area contributed by atoms with Gasteiger partial charge >= 0.3 is 0 Å². The smallest absolute Gasteiger partial charge is 0.223 e. The highest BCUT2D eigenvalue weighted by Crippen LogP contribution is 2.18. The lowest BCUT2D eigenvalue weighted by Gasteiger charge is -2.37. The van der Waals surface area contributed by atoms with Crippen LogP contribution in [-0.2, 0) is 4.79 Å². The van der Waals surface area contributed by atoms with Crippen molar-refractivity contribution in [2.45, 2.75) is 32.2 Å². The predicted molar refractivity (Wildman–Crippen MR) is 117 cm³/mol. The van der Waals surface area contributed by atoms with Crippen LogP contribution >= 0.6 is 0 Å². The largest absolute Gasteiger partial charge is 0.383 e. The standard InChI is InChI=1S/C23H34N4O/c1-4-20(3)24-21-9-13-27(14-10-21)23(28)11-12-25-15-17-26(18-16-25)22-7-5-19(2)6-8-22/h4-8,21,24H,1,3,9-18H2,2H3. The van der Waals surface area contributed by atoms with Crippen molar-refractivity contribution in [1.29, 1.82) is 0 Å². The van der Waals surface area contributed by atoms with E-state index >= 15 is 0 Å². The number of piperidine rings is 1. The molecule has 2 saturated heterocycles. The summed E-state index contributed by atoms with van der Waals surface area (Å²) in [6.45, 7) is 16.4. The second-order valence-corrected chi connectivity index (χ2v) is 7.94. The molecule has 0 bridgehead atoms. The number of allylic oxidation sites excluding steroid dienone is 1. The lowest BCUT2D eigenvalue weighted by Crippen LogP contribution is -2.48. The molecule has 1 amide bonds. The van der Waals surface area contributed by atoms with Crippen LogP contribution in [0, 0.1) is 6.92 Å². The van der Waals surface area contributed by atoms with Crippen LogP contribution in [0.1, 0.15) is 24.8 Å². The number of likely N-dealkylation sites (tertiary alicyclic amines) is 1. The Balaban J connectivity index is 1.35. The maximum atomic E-state index is 12.6. The second kappa shape index (κ2) is 9.78. The number of anilines is 1. The molecule has 2 aliphatic rings. The van der Waals surface area contributed by atoms with Crippen LogP contribution in [0.5, 0.6) is 0 Å². The van der Waals surface area contributed by atoms with Crippen molar-refractivity contribution in [1.82, 2.24) is 15.1 Å². The number of nitrogens with one attached hydrogen (secondary N) is 1. The fourth-order valence-corrected chi connectivity index (χ4v) is 3.99. The third-order valence-corrected chi connectivity index (χ3v) is 5.90. The minimum Gasteiger partial charge on any atom is -0.383 e. The zero-order chi connectivity index (χ0) is 19.9. The molecule has 0 atom stereocenters. The first-order valence-electron chi connectivity index (χ1n) is 10.4. The minimum atomic E-state index is 0.293. The van der Waals surface area contributed by atoms with Gasteiger partial charge in [-0.3, -0.25) is 9.69 Å². The Hall–Kier alpha value is -2.27. The molecular formula is C23H34N4O. The van der Waals surface area contributed by atoms with E-state index in [-0.39, 0.29) is 0 Å². The van der Waals surface area contributed by atoms with Gasteiger partial charge in [0.1, 0.15) is 0 Å². The zero-order valence-corrected chi connectivity index (χ0v) is 17.2. The molecule has 5 heteroatoms. The summed E-state index contributed by atoms with van der Waals surface area (Å²) in [5.41, 5.74) is 3.47. The van der Waals surface area contributed by atoms with Crippen LogP contribution in [0.3, 0.4) is 0 Å². The number of rotatable bonds is 7. The van der Waals surface area contributed by atoms with Gasteiger partial charge in [-0.25, -0.2) is 0 Å². The van der Waals surface area contributed by atoms with E-state index in [4.69, 9.17) is 0 Å². The SMILES string of the molecule is C=CC(=C)NC1CCN(C(=O)CCN2CCN(c3ccc(C)cc3)CC2)CC1. The van der Waals surface area contributed by atoms with Crippen LogP contribution in [0.4, 0.5) is 5.69 Å². The molecule has 0 spiro atoms. The number of nitrogens with zero attached hydrogens (tertiary/aromatic N) is 3. The zero-order valence-electron chi connectivity index (χ0n) is 17.2. The molecule has 2 fully saturated rings. The Morgan fingerprint density at radius 3 is 2.36 bits per heavy atom. The van der Waals surface area contributed by atoms with E-state index in [0.29, 0.717) is 18.4 Å². The molecule has 0 radical (unpaired) electrons.